The van der Waals surface area contributed by atoms with Crippen molar-refractivity contribution in [2.75, 3.05) is 5.32 Å². The molecule has 26 heavy (non-hydrogen) atoms. The summed E-state index contributed by atoms with van der Waals surface area (Å²) in [6.07, 6.45) is 0.337. The molecule has 3 rings (SSSR count). The number of aromatic nitrogens is 2. The zero-order valence-corrected chi connectivity index (χ0v) is 17.8. The van der Waals surface area contributed by atoms with Gasteiger partial charge >= 0.3 is 0 Å². The maximum absolute atomic E-state index is 12.4. The minimum absolute atomic E-state index is 0.0401. The Labute approximate surface area is 169 Å². The van der Waals surface area contributed by atoms with Crippen LogP contribution in [0.15, 0.2) is 57.5 Å². The number of amides is 1. The fourth-order valence-corrected chi connectivity index (χ4v) is 3.29. The highest BCUT2D eigenvalue weighted by atomic mass is 79.9. The topological polar surface area (TPSA) is 46.9 Å². The normalized spacial score (nSPS) is 10.8. The van der Waals surface area contributed by atoms with Gasteiger partial charge in [0.15, 0.2) is 0 Å². The Morgan fingerprint density at radius 3 is 2.08 bits per heavy atom. The number of hydrogen-bond acceptors (Lipinski definition) is 2. The quantitative estimate of drug-likeness (QED) is 0.546. The van der Waals surface area contributed by atoms with Gasteiger partial charge in [0.2, 0.25) is 5.91 Å². The van der Waals surface area contributed by atoms with E-state index in [0.717, 1.165) is 37.1 Å². The number of halogens is 2. The molecule has 0 aliphatic carbocycles. The van der Waals surface area contributed by atoms with Crippen molar-refractivity contribution in [2.24, 2.45) is 0 Å². The molecule has 0 saturated carbocycles. The van der Waals surface area contributed by atoms with E-state index in [-0.39, 0.29) is 5.91 Å². The maximum Gasteiger partial charge on any atom is 0.228 e. The molecule has 0 spiro atoms. The van der Waals surface area contributed by atoms with Crippen molar-refractivity contribution in [3.63, 3.8) is 0 Å². The monoisotopic (exact) mass is 475 g/mol. The summed E-state index contributed by atoms with van der Waals surface area (Å²) in [4.78, 5) is 12.4. The highest BCUT2D eigenvalue weighted by Crippen LogP contribution is 2.21. The number of aryl methyl sites for hydroxylation is 1. The molecule has 0 atom stereocenters. The summed E-state index contributed by atoms with van der Waals surface area (Å²) >= 11 is 6.85. The van der Waals surface area contributed by atoms with E-state index in [4.69, 9.17) is 0 Å². The highest BCUT2D eigenvalue weighted by Gasteiger charge is 2.14. The summed E-state index contributed by atoms with van der Waals surface area (Å²) in [6.45, 7) is 4.57. The predicted octanol–water partition coefficient (Wildman–Crippen LogP) is 5.25. The van der Waals surface area contributed by atoms with Crippen LogP contribution < -0.4 is 5.32 Å². The molecule has 0 bridgehead atoms. The summed E-state index contributed by atoms with van der Waals surface area (Å²) in [6, 6.07) is 15.9. The lowest BCUT2D eigenvalue weighted by atomic mass is 10.1. The van der Waals surface area contributed by atoms with Gasteiger partial charge < -0.3 is 5.32 Å². The number of nitrogens with zero attached hydrogens (tertiary/aromatic N) is 2. The Kier molecular flexibility index (Phi) is 5.94. The van der Waals surface area contributed by atoms with Crippen molar-refractivity contribution in [3.8, 4) is 0 Å². The van der Waals surface area contributed by atoms with Gasteiger partial charge in [0.05, 0.1) is 30.0 Å². The smallest absolute Gasteiger partial charge is 0.228 e. The van der Waals surface area contributed by atoms with Crippen LogP contribution in [-0.2, 0) is 17.8 Å². The summed E-state index contributed by atoms with van der Waals surface area (Å²) in [7, 11) is 0. The average Bonchev–Trinajstić information content (AvgIpc) is 2.86. The fraction of sp³-hybridized carbons (Fsp3) is 0.200. The minimum Gasteiger partial charge on any atom is -0.323 e. The van der Waals surface area contributed by atoms with E-state index in [9.17, 15) is 4.79 Å². The number of nitrogens with one attached hydrogen (secondary N) is 1. The van der Waals surface area contributed by atoms with Crippen molar-refractivity contribution in [3.05, 3.63) is 80.0 Å². The second-order valence-corrected chi connectivity index (χ2v) is 8.01. The van der Waals surface area contributed by atoms with Crippen LogP contribution >= 0.6 is 31.9 Å². The van der Waals surface area contributed by atoms with E-state index < -0.39 is 0 Å². The van der Waals surface area contributed by atoms with Crippen LogP contribution in [0.4, 0.5) is 5.69 Å². The lowest BCUT2D eigenvalue weighted by Crippen LogP contribution is -2.15. The molecule has 1 heterocycles. The van der Waals surface area contributed by atoms with Crippen molar-refractivity contribution >= 4 is 43.5 Å². The molecular formula is C20H19Br2N3O. The SMILES string of the molecule is Cc1nn(Cc2ccc(Br)cc2)c(C)c1NC(=O)Cc1ccc(Br)cc1. The van der Waals surface area contributed by atoms with E-state index in [1.54, 1.807) is 0 Å². The summed E-state index contributed by atoms with van der Waals surface area (Å²) in [5.74, 6) is -0.0401. The van der Waals surface area contributed by atoms with E-state index in [2.05, 4.69) is 54.4 Å². The van der Waals surface area contributed by atoms with Crippen molar-refractivity contribution in [1.29, 1.82) is 0 Å². The zero-order valence-electron chi connectivity index (χ0n) is 14.6. The molecule has 134 valence electrons. The number of anilines is 1. The highest BCUT2D eigenvalue weighted by molar-refractivity contribution is 9.10. The number of rotatable bonds is 5. The molecule has 2 aromatic carbocycles. The molecular weight excluding hydrogens is 458 g/mol. The first-order valence-corrected chi connectivity index (χ1v) is 9.83. The van der Waals surface area contributed by atoms with Gasteiger partial charge in [0.1, 0.15) is 0 Å². The average molecular weight is 477 g/mol. The van der Waals surface area contributed by atoms with Gasteiger partial charge in [-0.2, -0.15) is 5.10 Å². The number of hydrogen-bond donors (Lipinski definition) is 1. The van der Waals surface area contributed by atoms with Crippen LogP contribution in [0.1, 0.15) is 22.5 Å². The molecule has 0 unspecified atom stereocenters. The molecule has 3 aromatic rings. The molecule has 1 N–H and O–H groups in total. The number of benzene rings is 2. The lowest BCUT2D eigenvalue weighted by Gasteiger charge is -2.08. The second-order valence-electron chi connectivity index (χ2n) is 6.18. The van der Waals surface area contributed by atoms with Gasteiger partial charge in [-0.05, 0) is 49.2 Å². The van der Waals surface area contributed by atoms with Crippen LogP contribution in [0.2, 0.25) is 0 Å². The van der Waals surface area contributed by atoms with E-state index >= 15 is 0 Å². The van der Waals surface area contributed by atoms with Crippen LogP contribution in [0.5, 0.6) is 0 Å². The van der Waals surface area contributed by atoms with Gasteiger partial charge in [0.25, 0.3) is 0 Å². The fourth-order valence-electron chi connectivity index (χ4n) is 2.77. The first kappa shape index (κ1) is 18.9. The largest absolute Gasteiger partial charge is 0.323 e. The second kappa shape index (κ2) is 8.18. The standard InChI is InChI=1S/C20H19Br2N3O/c1-13-20(23-19(26)11-15-3-7-17(21)8-4-15)14(2)25(24-13)12-16-5-9-18(22)10-6-16/h3-10H,11-12H2,1-2H3,(H,23,26). The van der Waals surface area contributed by atoms with E-state index in [1.165, 1.54) is 0 Å². The molecule has 0 fully saturated rings. The van der Waals surface area contributed by atoms with Gasteiger partial charge in [-0.25, -0.2) is 0 Å². The number of carbonyl (C=O) groups is 1. The summed E-state index contributed by atoms with van der Waals surface area (Å²) in [5.41, 5.74) is 4.71. The minimum atomic E-state index is -0.0401. The van der Waals surface area contributed by atoms with E-state index in [0.29, 0.717) is 13.0 Å². The van der Waals surface area contributed by atoms with Crippen LogP contribution in [-0.4, -0.2) is 15.7 Å². The molecule has 0 saturated heterocycles. The van der Waals surface area contributed by atoms with Gasteiger partial charge in [-0.15, -0.1) is 0 Å². The Hall–Kier alpha value is -1.92. The third-order valence-electron chi connectivity index (χ3n) is 4.17. The Balaban J connectivity index is 1.71. The first-order chi connectivity index (χ1) is 12.4. The predicted molar refractivity (Wildman–Crippen MR) is 111 cm³/mol. The van der Waals surface area contributed by atoms with Crippen LogP contribution in [0, 0.1) is 13.8 Å². The maximum atomic E-state index is 12.4. The molecule has 0 aliphatic heterocycles. The molecule has 1 amide bonds. The van der Waals surface area contributed by atoms with E-state index in [1.807, 2.05) is 54.9 Å². The van der Waals surface area contributed by atoms with Crippen LogP contribution in [0.3, 0.4) is 0 Å². The lowest BCUT2D eigenvalue weighted by molar-refractivity contribution is -0.115. The molecule has 0 aliphatic rings. The summed E-state index contributed by atoms with van der Waals surface area (Å²) < 4.78 is 3.98. The molecule has 1 aromatic heterocycles. The van der Waals surface area contributed by atoms with Crippen molar-refractivity contribution < 1.29 is 4.79 Å². The molecule has 6 heteroatoms. The Bertz CT molecular complexity index is 915. The summed E-state index contributed by atoms with van der Waals surface area (Å²) in [5, 5.41) is 7.60. The van der Waals surface area contributed by atoms with Gasteiger partial charge in [0, 0.05) is 8.95 Å². The zero-order chi connectivity index (χ0) is 18.7. The first-order valence-electron chi connectivity index (χ1n) is 8.25. The number of carbonyl (C=O) groups excluding carboxylic acids is 1. The molecule has 0 radical (unpaired) electrons. The van der Waals surface area contributed by atoms with Gasteiger partial charge in [-0.1, -0.05) is 56.1 Å². The molecule has 4 nitrogen and oxygen atoms in total. The van der Waals surface area contributed by atoms with Crippen LogP contribution in [0.25, 0.3) is 0 Å². The third kappa shape index (κ3) is 4.62. The van der Waals surface area contributed by atoms with Crippen molar-refractivity contribution in [2.45, 2.75) is 26.8 Å². The Morgan fingerprint density at radius 1 is 0.962 bits per heavy atom. The van der Waals surface area contributed by atoms with Gasteiger partial charge in [-0.3, -0.25) is 9.48 Å². The Morgan fingerprint density at radius 2 is 1.50 bits per heavy atom. The van der Waals surface area contributed by atoms with Crippen molar-refractivity contribution in [1.82, 2.24) is 9.78 Å². The third-order valence-corrected chi connectivity index (χ3v) is 5.23.